The molecule has 0 atom stereocenters. The van der Waals surface area contributed by atoms with Crippen LogP contribution in [0.2, 0.25) is 0 Å². The number of benzene rings is 6. The van der Waals surface area contributed by atoms with Gasteiger partial charge in [-0.15, -0.1) is 35.2 Å². The van der Waals surface area contributed by atoms with Crippen LogP contribution in [0.1, 0.15) is 123 Å². The molecule has 0 aromatic heterocycles. The summed E-state index contributed by atoms with van der Waals surface area (Å²) in [6, 6.07) is 55.1. The third kappa shape index (κ3) is 13.5. The molecule has 0 heterocycles. The maximum absolute atomic E-state index is 3.88. The molecule has 0 saturated carbocycles. The zero-order valence-corrected chi connectivity index (χ0v) is 40.9. The SMILES string of the molecule is CC(C)(C)c1cc2c([c-]c1-c1ccccc1)Cc1cc(-c3ccccc3)c(C(C)(C)C)cc1-2.CC(C)(C)c1cc[c-]cc1.CC(C)(C)c1cc[c-]cc1.[C-]1=CC=CC1.[CH2]=[Zr]. The number of hydrogen-bond acceptors (Lipinski definition) is 0. The van der Waals surface area contributed by atoms with E-state index < -0.39 is 0 Å². The molecular weight excluding hydrogens is 800 g/mol. The standard InChI is InChI=1S/C33H33.2C10H13.C5H5.CH2.Zr/c1-32(2,3)30-20-26-24(18-28(30)22-13-9-7-10-14-22)17-25-19-29(23-15-11-8-12-16-23)31(21-27(25)26)33(4,5)6;2*1-10(2,3)9-7-5-4-6-8-9;1-2-4-5-3-1;;/h7-16,18,20-21H,17H2,1-6H3;2*5-8H,1-3H3;1-3H,4H2;1H2;/q4*-1;;. The van der Waals surface area contributed by atoms with E-state index in [4.69, 9.17) is 0 Å². The van der Waals surface area contributed by atoms with E-state index in [1.807, 2.05) is 36.4 Å². The Kier molecular flexibility index (Phi) is 17.2. The molecule has 0 nitrogen and oxygen atoms in total. The molecular formula is C59H66Zr-4. The van der Waals surface area contributed by atoms with Crippen molar-refractivity contribution in [3.63, 3.8) is 0 Å². The summed E-state index contributed by atoms with van der Waals surface area (Å²) in [4.78, 5) is 0. The van der Waals surface area contributed by atoms with Gasteiger partial charge in [0.1, 0.15) is 0 Å². The molecule has 0 N–H and O–H groups in total. The number of hydrogen-bond donors (Lipinski definition) is 0. The van der Waals surface area contributed by atoms with E-state index in [1.165, 1.54) is 91.0 Å². The van der Waals surface area contributed by atoms with E-state index in [-0.39, 0.29) is 21.7 Å². The third-order valence-electron chi connectivity index (χ3n) is 10.6. The van der Waals surface area contributed by atoms with Crippen LogP contribution in [0.4, 0.5) is 0 Å². The molecule has 0 unspecified atom stereocenters. The normalized spacial score (nSPS) is 12.5. The van der Waals surface area contributed by atoms with E-state index in [9.17, 15) is 0 Å². The third-order valence-corrected chi connectivity index (χ3v) is 10.6. The van der Waals surface area contributed by atoms with Crippen LogP contribution in [0.5, 0.6) is 0 Å². The number of fused-ring (bicyclic) bond motifs is 3. The molecule has 6 aromatic carbocycles. The summed E-state index contributed by atoms with van der Waals surface area (Å²) in [5, 5.41) is 0. The Hall–Kier alpha value is -4.45. The Bertz CT molecular complexity index is 2120. The van der Waals surface area contributed by atoms with E-state index in [0.717, 1.165) is 12.8 Å². The van der Waals surface area contributed by atoms with Crippen LogP contribution in [-0.2, 0) is 52.3 Å². The zero-order chi connectivity index (χ0) is 44.1. The Morgan fingerprint density at radius 3 is 1.35 bits per heavy atom. The van der Waals surface area contributed by atoms with E-state index in [1.54, 1.807) is 0 Å². The van der Waals surface area contributed by atoms with Gasteiger partial charge in [0.15, 0.2) is 0 Å². The molecule has 0 spiro atoms. The van der Waals surface area contributed by atoms with Gasteiger partial charge in [-0.25, -0.2) is 12.2 Å². The fourth-order valence-corrected chi connectivity index (χ4v) is 7.22. The molecule has 0 bridgehead atoms. The Labute approximate surface area is 380 Å². The summed E-state index contributed by atoms with van der Waals surface area (Å²) < 4.78 is 3.34. The summed E-state index contributed by atoms with van der Waals surface area (Å²) in [7, 11) is 0. The molecule has 6 aromatic rings. The summed E-state index contributed by atoms with van der Waals surface area (Å²) in [6.07, 6.45) is 10.9. The van der Waals surface area contributed by atoms with Crippen LogP contribution in [-0.4, -0.2) is 4.21 Å². The van der Waals surface area contributed by atoms with Gasteiger partial charge in [-0.05, 0) is 50.3 Å². The first-order chi connectivity index (χ1) is 28.3. The first kappa shape index (κ1) is 48.2. The molecule has 60 heavy (non-hydrogen) atoms. The van der Waals surface area contributed by atoms with Crippen molar-refractivity contribution in [1.29, 1.82) is 0 Å². The molecule has 8 rings (SSSR count). The predicted molar refractivity (Wildman–Crippen MR) is 258 cm³/mol. The predicted octanol–water partition coefficient (Wildman–Crippen LogP) is 15.8. The van der Waals surface area contributed by atoms with Crippen LogP contribution >= 0.6 is 0 Å². The van der Waals surface area contributed by atoms with Gasteiger partial charge in [0.05, 0.1) is 0 Å². The second-order valence-electron chi connectivity index (χ2n) is 19.5. The number of rotatable bonds is 2. The second kappa shape index (κ2) is 21.4. The van der Waals surface area contributed by atoms with Gasteiger partial charge < -0.3 is 0 Å². The van der Waals surface area contributed by atoms with Crippen LogP contribution < -0.4 is 0 Å². The van der Waals surface area contributed by atoms with E-state index >= 15 is 0 Å². The van der Waals surface area contributed by atoms with Crippen molar-refractivity contribution >= 4 is 4.21 Å². The summed E-state index contributed by atoms with van der Waals surface area (Å²) in [5.41, 5.74) is 16.8. The molecule has 0 aliphatic heterocycles. The monoisotopic (exact) mass is 864 g/mol. The van der Waals surface area contributed by atoms with Crippen LogP contribution in [0, 0.1) is 24.3 Å². The van der Waals surface area contributed by atoms with Crippen molar-refractivity contribution < 1.29 is 24.2 Å². The van der Waals surface area contributed by atoms with Gasteiger partial charge in [0.2, 0.25) is 0 Å². The zero-order valence-electron chi connectivity index (χ0n) is 38.5. The summed E-state index contributed by atoms with van der Waals surface area (Å²) in [6.45, 7) is 27.2. The Morgan fingerprint density at radius 2 is 0.967 bits per heavy atom. The Balaban J connectivity index is 0.000000237. The molecule has 0 fully saturated rings. The van der Waals surface area contributed by atoms with Gasteiger partial charge in [-0.3, -0.25) is 6.08 Å². The molecule has 0 radical (unpaired) electrons. The van der Waals surface area contributed by atoms with Gasteiger partial charge in [-0.1, -0.05) is 173 Å². The minimum absolute atomic E-state index is 0.0380. The van der Waals surface area contributed by atoms with Gasteiger partial charge in [0, 0.05) is 0 Å². The van der Waals surface area contributed by atoms with Crippen molar-refractivity contribution in [2.75, 3.05) is 0 Å². The van der Waals surface area contributed by atoms with Crippen LogP contribution in [0.3, 0.4) is 0 Å². The van der Waals surface area contributed by atoms with Crippen molar-refractivity contribution in [2.24, 2.45) is 0 Å². The summed E-state index contributed by atoms with van der Waals surface area (Å²) in [5.74, 6) is 0. The number of allylic oxidation sites excluding steroid dienone is 4. The molecule has 1 heteroatoms. The average Bonchev–Trinajstić information content (AvgIpc) is 3.93. The molecule has 2 aliphatic rings. The van der Waals surface area contributed by atoms with Crippen molar-refractivity contribution in [3.8, 4) is 33.4 Å². The van der Waals surface area contributed by atoms with Gasteiger partial charge in [0.25, 0.3) is 0 Å². The van der Waals surface area contributed by atoms with Gasteiger partial charge >= 0.3 is 28.4 Å². The molecule has 0 amide bonds. The fourth-order valence-electron chi connectivity index (χ4n) is 7.22. The fraction of sp³-hybridized carbons (Fsp3) is 0.305. The van der Waals surface area contributed by atoms with E-state index in [2.05, 4.69) is 221 Å². The van der Waals surface area contributed by atoms with E-state index in [0.29, 0.717) is 0 Å². The van der Waals surface area contributed by atoms with Crippen molar-refractivity contribution in [3.05, 3.63) is 203 Å². The Morgan fingerprint density at radius 1 is 0.500 bits per heavy atom. The molecule has 2 aliphatic carbocycles. The van der Waals surface area contributed by atoms with Crippen LogP contribution in [0.15, 0.2) is 146 Å². The molecule has 310 valence electrons. The van der Waals surface area contributed by atoms with Crippen molar-refractivity contribution in [2.45, 2.75) is 118 Å². The molecule has 0 saturated heterocycles. The second-order valence-corrected chi connectivity index (χ2v) is 19.5. The maximum atomic E-state index is 3.88. The summed E-state index contributed by atoms with van der Waals surface area (Å²) >= 11 is 1.30. The van der Waals surface area contributed by atoms with Gasteiger partial charge in [-0.2, -0.15) is 77.9 Å². The van der Waals surface area contributed by atoms with Crippen LogP contribution in [0.25, 0.3) is 33.4 Å². The van der Waals surface area contributed by atoms with Crippen molar-refractivity contribution in [1.82, 2.24) is 0 Å². The average molecular weight is 866 g/mol. The quantitative estimate of drug-likeness (QED) is 0.152. The first-order valence-corrected chi connectivity index (χ1v) is 23.0. The minimum atomic E-state index is 0.0380. The topological polar surface area (TPSA) is 0 Å². The first-order valence-electron chi connectivity index (χ1n) is 21.2.